The molecule has 2 fully saturated rings. The number of carbonyl (C=O) groups excluding carboxylic acids is 1. The number of aryl methyl sites for hydroxylation is 1. The van der Waals surface area contributed by atoms with E-state index in [9.17, 15) is 13.2 Å². The lowest BCUT2D eigenvalue weighted by atomic mass is 9.88. The lowest BCUT2D eigenvalue weighted by Gasteiger charge is -2.43. The fourth-order valence-electron chi connectivity index (χ4n) is 6.46. The maximum absolute atomic E-state index is 13.9. The van der Waals surface area contributed by atoms with Gasteiger partial charge < -0.3 is 19.1 Å². The Hall–Kier alpha value is -1.66. The summed E-state index contributed by atoms with van der Waals surface area (Å²) in [5.41, 5.74) is 1.44. The third-order valence-corrected chi connectivity index (χ3v) is 12.1. The Kier molecular flexibility index (Phi) is 9.70. The van der Waals surface area contributed by atoms with Crippen molar-refractivity contribution in [2.75, 3.05) is 60.0 Å². The maximum Gasteiger partial charge on any atom is 0.248 e. The summed E-state index contributed by atoms with van der Waals surface area (Å²) in [4.78, 5) is 19.9. The summed E-state index contributed by atoms with van der Waals surface area (Å²) in [6.45, 7) is 6.75. The molecule has 1 aromatic carbocycles. The van der Waals surface area contributed by atoms with E-state index < -0.39 is 16.1 Å². The number of ether oxygens (including phenoxy) is 1. The lowest BCUT2D eigenvalue weighted by Crippen LogP contribution is -2.53. The van der Waals surface area contributed by atoms with Gasteiger partial charge in [-0.25, -0.2) is 8.42 Å². The smallest absolute Gasteiger partial charge is 0.248 e. The van der Waals surface area contributed by atoms with Gasteiger partial charge in [0, 0.05) is 70.3 Å². The summed E-state index contributed by atoms with van der Waals surface area (Å²) >= 11 is 12.8. The summed E-state index contributed by atoms with van der Waals surface area (Å²) in [7, 11) is -0.0128. The summed E-state index contributed by atoms with van der Waals surface area (Å²) in [6, 6.07) is 7.11. The number of hydrogen-bond donors (Lipinski definition) is 0. The minimum absolute atomic E-state index is 0.0401. The predicted octanol–water partition coefficient (Wildman–Crippen LogP) is 3.88. The van der Waals surface area contributed by atoms with Gasteiger partial charge in [-0.1, -0.05) is 29.3 Å². The van der Waals surface area contributed by atoms with Gasteiger partial charge in [0.25, 0.3) is 0 Å². The molecule has 1 amide bonds. The van der Waals surface area contributed by atoms with E-state index in [4.69, 9.17) is 27.9 Å². The van der Waals surface area contributed by atoms with Crippen LogP contribution in [0.3, 0.4) is 0 Å². The van der Waals surface area contributed by atoms with Gasteiger partial charge in [0.2, 0.25) is 15.9 Å². The van der Waals surface area contributed by atoms with E-state index in [1.165, 1.54) is 10.7 Å². The van der Waals surface area contributed by atoms with Crippen LogP contribution >= 0.6 is 23.2 Å². The molecular weight excluding hydrogens is 585 g/mol. The number of piperazine rings is 1. The van der Waals surface area contributed by atoms with Gasteiger partial charge >= 0.3 is 0 Å². The van der Waals surface area contributed by atoms with Crippen molar-refractivity contribution in [3.63, 3.8) is 0 Å². The van der Waals surface area contributed by atoms with Gasteiger partial charge in [-0.05, 0) is 63.4 Å². The molecule has 2 aromatic rings. The first-order valence-corrected chi connectivity index (χ1v) is 16.6. The van der Waals surface area contributed by atoms with Crippen LogP contribution in [0.15, 0.2) is 35.4 Å². The normalized spacial score (nSPS) is 24.8. The average Bonchev–Trinajstić information content (AvgIpc) is 3.44. The van der Waals surface area contributed by atoms with E-state index >= 15 is 0 Å². The topological polar surface area (TPSA) is 78.3 Å². The summed E-state index contributed by atoms with van der Waals surface area (Å²) < 4.78 is 37.3. The van der Waals surface area contributed by atoms with Gasteiger partial charge in [-0.3, -0.25) is 9.69 Å². The highest BCUT2D eigenvalue weighted by atomic mass is 35.5. The van der Waals surface area contributed by atoms with Gasteiger partial charge in [-0.2, -0.15) is 4.31 Å². The molecule has 12 heteroatoms. The Morgan fingerprint density at radius 3 is 2.59 bits per heavy atom. The number of rotatable bonds is 8. The Morgan fingerprint density at radius 1 is 1.07 bits per heavy atom. The number of nitrogens with zero attached hydrogens (tertiary/aromatic N) is 5. The third-order valence-electron chi connectivity index (χ3n) is 9.04. The van der Waals surface area contributed by atoms with E-state index in [0.29, 0.717) is 18.2 Å². The minimum Gasteiger partial charge on any atom is -0.370 e. The van der Waals surface area contributed by atoms with Crippen LogP contribution in [0.2, 0.25) is 10.0 Å². The molecule has 2 aliphatic heterocycles. The third kappa shape index (κ3) is 6.49. The number of hydrogen-bond acceptors (Lipinski definition) is 6. The van der Waals surface area contributed by atoms with E-state index in [1.54, 1.807) is 19.1 Å². The zero-order valence-corrected chi connectivity index (χ0v) is 26.5. The molecule has 0 radical (unpaired) electrons. The van der Waals surface area contributed by atoms with Crippen molar-refractivity contribution in [1.82, 2.24) is 23.6 Å². The average molecular weight is 627 g/mol. The van der Waals surface area contributed by atoms with Crippen LogP contribution in [0.1, 0.15) is 43.0 Å². The van der Waals surface area contributed by atoms with Crippen LogP contribution in [0.5, 0.6) is 0 Å². The molecule has 3 heterocycles. The van der Waals surface area contributed by atoms with Crippen molar-refractivity contribution in [1.29, 1.82) is 0 Å². The standard InChI is InChI=1S/C29H41Cl2N5O4S/c1-21-9-10-24(30)29(28(21)31)41(38,39)36-17-16-35-11-5-8-25(35)26(36)19-40-20-27(37)33(3)22-6-4-7-23(18-22)34-14-12-32(2)13-15-34/h5,8-11,22-23,26H,4,6-7,12-20H2,1-3H3/t22-,23+,26?/m0/s1. The first-order valence-electron chi connectivity index (χ1n) is 14.5. The Balaban J connectivity index is 1.25. The van der Waals surface area contributed by atoms with Crippen LogP contribution in [-0.2, 0) is 26.1 Å². The first kappa shape index (κ1) is 30.8. The molecule has 1 aromatic heterocycles. The van der Waals surface area contributed by atoms with Crippen molar-refractivity contribution < 1.29 is 17.9 Å². The molecule has 1 aliphatic carbocycles. The highest BCUT2D eigenvalue weighted by Gasteiger charge is 2.39. The van der Waals surface area contributed by atoms with Gasteiger partial charge in [0.15, 0.2) is 0 Å². The second-order valence-electron chi connectivity index (χ2n) is 11.6. The molecule has 0 spiro atoms. The highest BCUT2D eigenvalue weighted by molar-refractivity contribution is 7.89. The number of likely N-dealkylation sites (N-methyl/N-ethyl adjacent to an activating group) is 2. The Morgan fingerprint density at radius 2 is 1.83 bits per heavy atom. The van der Waals surface area contributed by atoms with Crippen molar-refractivity contribution in [2.24, 2.45) is 0 Å². The van der Waals surface area contributed by atoms with Crippen molar-refractivity contribution in [3.8, 4) is 0 Å². The summed E-state index contributed by atoms with van der Waals surface area (Å²) in [5, 5.41) is 0.206. The molecule has 9 nitrogen and oxygen atoms in total. The van der Waals surface area contributed by atoms with E-state index in [-0.39, 0.29) is 46.6 Å². The number of halogens is 2. The monoisotopic (exact) mass is 625 g/mol. The number of sulfonamides is 1. The zero-order valence-electron chi connectivity index (χ0n) is 24.1. The molecule has 1 saturated heterocycles. The molecule has 3 atom stereocenters. The molecule has 3 aliphatic rings. The fourth-order valence-corrected chi connectivity index (χ4v) is 9.17. The largest absolute Gasteiger partial charge is 0.370 e. The lowest BCUT2D eigenvalue weighted by molar-refractivity contribution is -0.138. The molecular formula is C29H41Cl2N5O4S. The number of fused-ring (bicyclic) bond motifs is 1. The Labute approximate surface area is 254 Å². The number of carbonyl (C=O) groups is 1. The van der Waals surface area contributed by atoms with Crippen LogP contribution in [0, 0.1) is 6.92 Å². The molecule has 41 heavy (non-hydrogen) atoms. The molecule has 1 unspecified atom stereocenters. The second kappa shape index (κ2) is 12.9. The zero-order chi connectivity index (χ0) is 29.3. The summed E-state index contributed by atoms with van der Waals surface area (Å²) in [6.07, 6.45) is 6.19. The molecule has 0 N–H and O–H groups in total. The van der Waals surface area contributed by atoms with Crippen LogP contribution in [0.4, 0.5) is 0 Å². The van der Waals surface area contributed by atoms with Gasteiger partial charge in [-0.15, -0.1) is 0 Å². The predicted molar refractivity (Wildman–Crippen MR) is 161 cm³/mol. The highest BCUT2D eigenvalue weighted by Crippen LogP contribution is 2.38. The van der Waals surface area contributed by atoms with Crippen molar-refractivity contribution >= 4 is 39.1 Å². The maximum atomic E-state index is 13.9. The molecule has 226 valence electrons. The van der Waals surface area contributed by atoms with Crippen molar-refractivity contribution in [2.45, 2.75) is 62.2 Å². The Bertz CT molecular complexity index is 1340. The quantitative estimate of drug-likeness (QED) is 0.443. The molecule has 5 rings (SSSR count). The molecule has 0 bridgehead atoms. The van der Waals surface area contributed by atoms with Crippen LogP contribution in [-0.4, -0.2) is 110 Å². The summed E-state index contributed by atoms with van der Waals surface area (Å²) in [5.74, 6) is -0.0839. The number of aromatic nitrogens is 1. The number of amides is 1. The van der Waals surface area contributed by atoms with E-state index in [0.717, 1.165) is 51.1 Å². The SMILES string of the molecule is Cc1ccc(Cl)c(S(=O)(=O)N2CCn3cccc3C2COCC(=O)N(C)[C@H]2CCC[C@@H](N3CCN(C)CC3)C2)c1Cl. The molecule has 1 saturated carbocycles. The fraction of sp³-hybridized carbons (Fsp3) is 0.621. The van der Waals surface area contributed by atoms with Crippen LogP contribution < -0.4 is 0 Å². The van der Waals surface area contributed by atoms with E-state index in [1.807, 2.05) is 34.8 Å². The van der Waals surface area contributed by atoms with Gasteiger partial charge in [0.1, 0.15) is 11.5 Å². The van der Waals surface area contributed by atoms with Crippen molar-refractivity contribution in [3.05, 3.63) is 51.8 Å². The first-order chi connectivity index (χ1) is 19.6. The number of benzene rings is 1. The second-order valence-corrected chi connectivity index (χ2v) is 14.2. The van der Waals surface area contributed by atoms with Gasteiger partial charge in [0.05, 0.1) is 22.7 Å². The van der Waals surface area contributed by atoms with Crippen LogP contribution in [0.25, 0.3) is 0 Å². The van der Waals surface area contributed by atoms with E-state index in [2.05, 4.69) is 16.8 Å². The minimum atomic E-state index is -4.05.